The van der Waals surface area contributed by atoms with E-state index < -0.39 is 29.7 Å². The number of ether oxygens (including phenoxy) is 3. The van der Waals surface area contributed by atoms with Gasteiger partial charge in [0.2, 0.25) is 12.2 Å². The van der Waals surface area contributed by atoms with Gasteiger partial charge in [-0.25, -0.2) is 0 Å². The highest BCUT2D eigenvalue weighted by molar-refractivity contribution is 5.88. The van der Waals surface area contributed by atoms with Crippen molar-refractivity contribution in [1.82, 2.24) is 20.0 Å². The second kappa shape index (κ2) is 7.96. The monoisotopic (exact) mass is 404 g/mol. The Morgan fingerprint density at radius 1 is 1.07 bits per heavy atom. The molecule has 0 saturated carbocycles. The van der Waals surface area contributed by atoms with Gasteiger partial charge < -0.3 is 24.3 Å². The van der Waals surface area contributed by atoms with E-state index in [0.29, 0.717) is 5.75 Å². The summed E-state index contributed by atoms with van der Waals surface area (Å²) >= 11 is 0. The third-order valence-electron chi connectivity index (χ3n) is 3.99. The van der Waals surface area contributed by atoms with Crippen molar-refractivity contribution in [2.45, 2.75) is 19.6 Å². The molecule has 152 valence electrons. The normalized spacial score (nSPS) is 10.8. The third-order valence-corrected chi connectivity index (χ3v) is 3.99. The lowest BCUT2D eigenvalue weighted by molar-refractivity contribution is -0.151. The predicted molar refractivity (Wildman–Crippen MR) is 98.0 cm³/mol. The van der Waals surface area contributed by atoms with Gasteiger partial charge in [0.1, 0.15) is 0 Å². The number of hydrogen-bond acceptors (Lipinski definition) is 9. The fourth-order valence-corrected chi connectivity index (χ4v) is 2.60. The summed E-state index contributed by atoms with van der Waals surface area (Å²) in [6.45, 7) is -0.481. The molecule has 2 aromatic heterocycles. The van der Waals surface area contributed by atoms with Crippen LogP contribution in [0.3, 0.4) is 0 Å². The quantitative estimate of drug-likeness (QED) is 0.513. The van der Waals surface area contributed by atoms with E-state index >= 15 is 0 Å². The number of esters is 1. The van der Waals surface area contributed by atoms with Crippen molar-refractivity contribution in [2.75, 3.05) is 14.2 Å². The van der Waals surface area contributed by atoms with Crippen LogP contribution in [0.2, 0.25) is 0 Å². The lowest BCUT2D eigenvalue weighted by atomic mass is 10.2. The topological polar surface area (TPSA) is 163 Å². The predicted octanol–water partition coefficient (Wildman–Crippen LogP) is 0.0157. The molecule has 3 aromatic rings. The van der Waals surface area contributed by atoms with Gasteiger partial charge in [-0.05, 0) is 6.07 Å². The van der Waals surface area contributed by atoms with Crippen LogP contribution in [0.15, 0.2) is 21.7 Å². The molecular formula is C17H16N4O8. The average molecular weight is 404 g/mol. The van der Waals surface area contributed by atoms with Crippen molar-refractivity contribution in [3.05, 3.63) is 32.7 Å². The first-order valence-corrected chi connectivity index (χ1v) is 8.28. The standard InChI is InChI=1S/C17H16N4O8/c1-27-10-5-8-9(6-11(10)28-2)18-17(26)15-14(16(8)25)19-21(20-15)7-29-13(24)4-3-12(22)23/h5-6H,3-4,7H2,1-2H3,(H,18,26)(H,22,23). The zero-order chi connectivity index (χ0) is 21.1. The first-order valence-electron chi connectivity index (χ1n) is 8.28. The Morgan fingerprint density at radius 2 is 1.72 bits per heavy atom. The first kappa shape index (κ1) is 19.8. The Bertz CT molecular complexity index is 1230. The van der Waals surface area contributed by atoms with Crippen molar-refractivity contribution < 1.29 is 28.9 Å². The van der Waals surface area contributed by atoms with Gasteiger partial charge in [-0.3, -0.25) is 19.2 Å². The van der Waals surface area contributed by atoms with E-state index in [1.807, 2.05) is 0 Å². The number of nitrogens with one attached hydrogen (secondary N) is 1. The van der Waals surface area contributed by atoms with Crippen molar-refractivity contribution in [3.63, 3.8) is 0 Å². The molecule has 0 aliphatic rings. The number of aliphatic carboxylic acids is 1. The number of carbonyl (C=O) groups excluding carboxylic acids is 1. The number of aromatic amines is 1. The summed E-state index contributed by atoms with van der Waals surface area (Å²) in [5.41, 5.74) is -1.52. The number of carbonyl (C=O) groups is 2. The van der Waals surface area contributed by atoms with Crippen molar-refractivity contribution in [1.29, 1.82) is 0 Å². The summed E-state index contributed by atoms with van der Waals surface area (Å²) in [6, 6.07) is 2.87. The number of methoxy groups -OCH3 is 2. The van der Waals surface area contributed by atoms with Crippen LogP contribution < -0.4 is 20.5 Å². The van der Waals surface area contributed by atoms with E-state index in [1.54, 1.807) is 0 Å². The molecule has 0 aliphatic heterocycles. The Kier molecular flexibility index (Phi) is 5.43. The van der Waals surface area contributed by atoms with Gasteiger partial charge in [0.15, 0.2) is 22.5 Å². The highest BCUT2D eigenvalue weighted by atomic mass is 16.5. The number of carboxylic acids is 1. The van der Waals surface area contributed by atoms with Gasteiger partial charge >= 0.3 is 11.9 Å². The van der Waals surface area contributed by atoms with E-state index in [4.69, 9.17) is 19.3 Å². The highest BCUT2D eigenvalue weighted by Gasteiger charge is 2.16. The Balaban J connectivity index is 2.03. The number of carboxylic acid groups (broad SMARTS) is 1. The number of fused-ring (bicyclic) bond motifs is 2. The van der Waals surface area contributed by atoms with E-state index in [2.05, 4.69) is 15.2 Å². The molecule has 0 atom stereocenters. The minimum Gasteiger partial charge on any atom is -0.493 e. The lowest BCUT2D eigenvalue weighted by Crippen LogP contribution is -2.13. The maximum atomic E-state index is 12.9. The van der Waals surface area contributed by atoms with Gasteiger partial charge in [-0.2, -0.15) is 0 Å². The Labute approximate surface area is 161 Å². The van der Waals surface area contributed by atoms with E-state index in [1.165, 1.54) is 26.4 Å². The zero-order valence-electron chi connectivity index (χ0n) is 15.4. The first-order chi connectivity index (χ1) is 13.8. The van der Waals surface area contributed by atoms with Gasteiger partial charge in [0, 0.05) is 6.07 Å². The number of nitrogens with zero attached hydrogens (tertiary/aromatic N) is 3. The van der Waals surface area contributed by atoms with Gasteiger partial charge in [0.05, 0.1) is 38.0 Å². The van der Waals surface area contributed by atoms with Crippen molar-refractivity contribution in [2.24, 2.45) is 0 Å². The number of rotatable bonds is 7. The molecule has 12 nitrogen and oxygen atoms in total. The molecule has 29 heavy (non-hydrogen) atoms. The van der Waals surface area contributed by atoms with Crippen molar-refractivity contribution >= 4 is 33.9 Å². The Morgan fingerprint density at radius 3 is 2.38 bits per heavy atom. The molecule has 0 fully saturated rings. The second-order valence-electron chi connectivity index (χ2n) is 5.84. The number of H-pyrrole nitrogens is 1. The number of aromatic nitrogens is 4. The molecular weight excluding hydrogens is 388 g/mol. The molecule has 0 amide bonds. The second-order valence-corrected chi connectivity index (χ2v) is 5.84. The summed E-state index contributed by atoms with van der Waals surface area (Å²) in [7, 11) is 2.83. The number of benzene rings is 1. The van der Waals surface area contributed by atoms with Crippen LogP contribution >= 0.6 is 0 Å². The van der Waals surface area contributed by atoms with Crippen LogP contribution in [-0.4, -0.2) is 51.2 Å². The molecule has 12 heteroatoms. The summed E-state index contributed by atoms with van der Waals surface area (Å²) < 4.78 is 15.2. The molecule has 3 rings (SSSR count). The third kappa shape index (κ3) is 4.00. The molecule has 0 unspecified atom stereocenters. The minimum absolute atomic E-state index is 0.125. The summed E-state index contributed by atoms with van der Waals surface area (Å²) in [4.78, 5) is 50.8. The van der Waals surface area contributed by atoms with Gasteiger partial charge in [-0.1, -0.05) is 0 Å². The zero-order valence-corrected chi connectivity index (χ0v) is 15.4. The van der Waals surface area contributed by atoms with Crippen LogP contribution in [0.1, 0.15) is 12.8 Å². The molecule has 2 N–H and O–H groups in total. The van der Waals surface area contributed by atoms with E-state index in [9.17, 15) is 19.2 Å². The fraction of sp³-hybridized carbons (Fsp3) is 0.294. The van der Waals surface area contributed by atoms with Gasteiger partial charge in [0.25, 0.3) is 5.56 Å². The summed E-state index contributed by atoms with van der Waals surface area (Å²) in [5.74, 6) is -1.31. The average Bonchev–Trinajstić information content (AvgIpc) is 3.10. The molecule has 1 aromatic carbocycles. The van der Waals surface area contributed by atoms with Crippen LogP contribution in [0.25, 0.3) is 21.9 Å². The van der Waals surface area contributed by atoms with Crippen LogP contribution in [-0.2, 0) is 21.1 Å². The number of hydrogen-bond donors (Lipinski definition) is 2. The SMILES string of the molecule is COc1cc2[nH]c(=O)c3nn(COC(=O)CCC(=O)O)nc3c(=O)c2cc1OC. The summed E-state index contributed by atoms with van der Waals surface area (Å²) in [6.07, 6.45) is -0.713. The van der Waals surface area contributed by atoms with Crippen molar-refractivity contribution in [3.8, 4) is 11.5 Å². The minimum atomic E-state index is -1.14. The van der Waals surface area contributed by atoms with Crippen LogP contribution in [0, 0.1) is 0 Å². The van der Waals surface area contributed by atoms with Crippen LogP contribution in [0.5, 0.6) is 11.5 Å². The summed E-state index contributed by atoms with van der Waals surface area (Å²) in [5, 5.41) is 16.5. The van der Waals surface area contributed by atoms with Crippen LogP contribution in [0.4, 0.5) is 0 Å². The Hall–Kier alpha value is -3.96. The van der Waals surface area contributed by atoms with E-state index in [-0.39, 0.29) is 40.5 Å². The molecule has 0 spiro atoms. The molecule has 0 aliphatic carbocycles. The highest BCUT2D eigenvalue weighted by Crippen LogP contribution is 2.29. The molecule has 2 heterocycles. The largest absolute Gasteiger partial charge is 0.493 e. The molecule has 0 radical (unpaired) electrons. The van der Waals surface area contributed by atoms with E-state index in [0.717, 1.165) is 4.80 Å². The maximum absolute atomic E-state index is 12.9. The fourth-order valence-electron chi connectivity index (χ4n) is 2.60. The smallest absolute Gasteiger partial charge is 0.308 e. The molecule has 0 bridgehead atoms. The van der Waals surface area contributed by atoms with Gasteiger partial charge in [-0.15, -0.1) is 15.0 Å². The maximum Gasteiger partial charge on any atom is 0.308 e. The molecule has 0 saturated heterocycles. The lowest BCUT2D eigenvalue weighted by Gasteiger charge is -2.07.